The van der Waals surface area contributed by atoms with Crippen molar-refractivity contribution in [1.29, 1.82) is 0 Å². The molecule has 1 aromatic carbocycles. The molecule has 2 heterocycles. The average Bonchev–Trinajstić information content (AvgIpc) is 2.61. The van der Waals surface area contributed by atoms with Crippen LogP contribution in [-0.2, 0) is 6.42 Å². The molecule has 1 aliphatic heterocycles. The summed E-state index contributed by atoms with van der Waals surface area (Å²) >= 11 is 0. The maximum absolute atomic E-state index is 9.88. The van der Waals surface area contributed by atoms with Crippen LogP contribution >= 0.6 is 0 Å². The Hall–Kier alpha value is -1.72. The lowest BCUT2D eigenvalue weighted by Crippen LogP contribution is -2.45. The number of nitrogens with zero attached hydrogens (tertiary/aromatic N) is 3. The number of anilines is 1. The Morgan fingerprint density at radius 3 is 2.87 bits per heavy atom. The Balaban J connectivity index is 2.03. The summed E-state index contributed by atoms with van der Waals surface area (Å²) in [5.41, 5.74) is 6.65. The molecule has 124 valence electrons. The Kier molecular flexibility index (Phi) is 4.78. The second-order valence-electron chi connectivity index (χ2n) is 6.56. The van der Waals surface area contributed by atoms with Gasteiger partial charge in [-0.15, -0.1) is 0 Å². The number of benzene rings is 1. The number of para-hydroxylation sites is 1. The maximum atomic E-state index is 9.88. The first-order valence-electron chi connectivity index (χ1n) is 8.53. The van der Waals surface area contributed by atoms with Crippen LogP contribution in [0.25, 0.3) is 10.9 Å². The van der Waals surface area contributed by atoms with Crippen molar-refractivity contribution in [3.8, 4) is 0 Å². The molecular formula is C18H26N4O. The van der Waals surface area contributed by atoms with Crippen molar-refractivity contribution < 1.29 is 5.11 Å². The summed E-state index contributed by atoms with van der Waals surface area (Å²) in [4.78, 5) is 11.8. The third-order valence-corrected chi connectivity index (χ3v) is 5.04. The van der Waals surface area contributed by atoms with Crippen molar-refractivity contribution >= 4 is 16.7 Å². The molecule has 3 rings (SSSR count). The van der Waals surface area contributed by atoms with Crippen molar-refractivity contribution in [3.05, 3.63) is 30.1 Å². The SMILES string of the molecule is CCC1(CO)CCCN(c2nc(CCN)nc3ccccc23)C1. The molecule has 0 spiro atoms. The summed E-state index contributed by atoms with van der Waals surface area (Å²) in [7, 11) is 0. The number of nitrogens with two attached hydrogens (primary N) is 1. The van der Waals surface area contributed by atoms with Crippen molar-refractivity contribution in [2.45, 2.75) is 32.6 Å². The van der Waals surface area contributed by atoms with Gasteiger partial charge in [0.1, 0.15) is 11.6 Å². The minimum Gasteiger partial charge on any atom is -0.396 e. The normalized spacial score (nSPS) is 21.8. The molecule has 1 atom stereocenters. The zero-order valence-corrected chi connectivity index (χ0v) is 13.8. The van der Waals surface area contributed by atoms with E-state index in [0.717, 1.165) is 54.9 Å². The molecule has 5 nitrogen and oxygen atoms in total. The minimum atomic E-state index is -0.0155. The maximum Gasteiger partial charge on any atom is 0.140 e. The van der Waals surface area contributed by atoms with Crippen LogP contribution in [0.15, 0.2) is 24.3 Å². The molecule has 5 heteroatoms. The van der Waals surface area contributed by atoms with Crippen LogP contribution in [0.3, 0.4) is 0 Å². The average molecular weight is 314 g/mol. The number of fused-ring (bicyclic) bond motifs is 1. The third-order valence-electron chi connectivity index (χ3n) is 5.04. The number of aliphatic hydroxyl groups is 1. The highest BCUT2D eigenvalue weighted by Gasteiger charge is 2.34. The van der Waals surface area contributed by atoms with Gasteiger partial charge < -0.3 is 15.7 Å². The fourth-order valence-electron chi connectivity index (χ4n) is 3.51. The van der Waals surface area contributed by atoms with Gasteiger partial charge in [-0.3, -0.25) is 0 Å². The molecule has 23 heavy (non-hydrogen) atoms. The van der Waals surface area contributed by atoms with E-state index in [-0.39, 0.29) is 12.0 Å². The first-order valence-corrected chi connectivity index (χ1v) is 8.53. The number of piperidine rings is 1. The van der Waals surface area contributed by atoms with Crippen molar-refractivity contribution in [3.63, 3.8) is 0 Å². The molecule has 0 bridgehead atoms. The van der Waals surface area contributed by atoms with Crippen LogP contribution in [0.4, 0.5) is 5.82 Å². The lowest BCUT2D eigenvalue weighted by molar-refractivity contribution is 0.101. The predicted molar refractivity (Wildman–Crippen MR) is 93.6 cm³/mol. The van der Waals surface area contributed by atoms with Crippen LogP contribution < -0.4 is 10.6 Å². The van der Waals surface area contributed by atoms with Gasteiger partial charge in [-0.1, -0.05) is 19.1 Å². The minimum absolute atomic E-state index is 0.0155. The smallest absolute Gasteiger partial charge is 0.140 e. The third kappa shape index (κ3) is 3.16. The van der Waals surface area contributed by atoms with E-state index in [2.05, 4.69) is 22.9 Å². The zero-order valence-electron chi connectivity index (χ0n) is 13.8. The summed E-state index contributed by atoms with van der Waals surface area (Å²) in [5.74, 6) is 1.79. The van der Waals surface area contributed by atoms with Gasteiger partial charge in [-0.05, 0) is 37.9 Å². The molecule has 1 saturated heterocycles. The van der Waals surface area contributed by atoms with Crippen LogP contribution in [0, 0.1) is 5.41 Å². The highest BCUT2D eigenvalue weighted by Crippen LogP contribution is 2.36. The molecule has 2 aromatic rings. The fraction of sp³-hybridized carbons (Fsp3) is 0.556. The van der Waals surface area contributed by atoms with E-state index in [9.17, 15) is 5.11 Å². The summed E-state index contributed by atoms with van der Waals surface area (Å²) in [6.07, 6.45) is 3.83. The lowest BCUT2D eigenvalue weighted by atomic mass is 9.78. The van der Waals surface area contributed by atoms with E-state index in [4.69, 9.17) is 10.7 Å². The second kappa shape index (κ2) is 6.81. The number of aromatic nitrogens is 2. The quantitative estimate of drug-likeness (QED) is 0.884. The Morgan fingerprint density at radius 2 is 2.13 bits per heavy atom. The topological polar surface area (TPSA) is 75.3 Å². The van der Waals surface area contributed by atoms with E-state index < -0.39 is 0 Å². The Morgan fingerprint density at radius 1 is 1.30 bits per heavy atom. The lowest BCUT2D eigenvalue weighted by Gasteiger charge is -2.42. The van der Waals surface area contributed by atoms with E-state index in [1.54, 1.807) is 0 Å². The summed E-state index contributed by atoms with van der Waals surface area (Å²) < 4.78 is 0. The number of hydrogen-bond acceptors (Lipinski definition) is 5. The number of hydrogen-bond donors (Lipinski definition) is 2. The van der Waals surface area contributed by atoms with Crippen LogP contribution in [0.1, 0.15) is 32.0 Å². The largest absolute Gasteiger partial charge is 0.396 e. The van der Waals surface area contributed by atoms with Crippen LogP contribution in [0.2, 0.25) is 0 Å². The molecule has 0 aliphatic carbocycles. The van der Waals surface area contributed by atoms with Crippen molar-refractivity contribution in [2.24, 2.45) is 11.1 Å². The van der Waals surface area contributed by atoms with Gasteiger partial charge in [-0.2, -0.15) is 0 Å². The number of aliphatic hydroxyl groups excluding tert-OH is 1. The van der Waals surface area contributed by atoms with Crippen molar-refractivity contribution in [2.75, 3.05) is 31.1 Å². The molecule has 1 aliphatic rings. The second-order valence-corrected chi connectivity index (χ2v) is 6.56. The number of rotatable bonds is 5. The first kappa shape index (κ1) is 16.1. The van der Waals surface area contributed by atoms with E-state index in [0.29, 0.717) is 13.0 Å². The van der Waals surface area contributed by atoms with Gasteiger partial charge in [0, 0.05) is 30.3 Å². The standard InChI is InChI=1S/C18H26N4O/c1-2-18(13-23)9-5-11-22(12-18)17-14-6-3-4-7-15(14)20-16(21-17)8-10-19/h3-4,6-7,23H,2,5,8-13,19H2,1H3. The van der Waals surface area contributed by atoms with Gasteiger partial charge in [0.15, 0.2) is 0 Å². The molecule has 1 aromatic heterocycles. The van der Waals surface area contributed by atoms with Gasteiger partial charge in [0.05, 0.1) is 12.1 Å². The Labute approximate surface area is 137 Å². The molecule has 1 unspecified atom stereocenters. The van der Waals surface area contributed by atoms with Crippen molar-refractivity contribution in [1.82, 2.24) is 9.97 Å². The molecular weight excluding hydrogens is 288 g/mol. The molecule has 0 saturated carbocycles. The monoisotopic (exact) mass is 314 g/mol. The van der Waals surface area contributed by atoms with E-state index in [1.807, 2.05) is 18.2 Å². The summed E-state index contributed by atoms with van der Waals surface area (Å²) in [5, 5.41) is 11.0. The summed E-state index contributed by atoms with van der Waals surface area (Å²) in [6, 6.07) is 8.15. The van der Waals surface area contributed by atoms with Gasteiger partial charge in [-0.25, -0.2) is 9.97 Å². The molecule has 3 N–H and O–H groups in total. The fourth-order valence-corrected chi connectivity index (χ4v) is 3.51. The van der Waals surface area contributed by atoms with Crippen LogP contribution in [0.5, 0.6) is 0 Å². The van der Waals surface area contributed by atoms with E-state index >= 15 is 0 Å². The highest BCUT2D eigenvalue weighted by atomic mass is 16.3. The predicted octanol–water partition coefficient (Wildman–Crippen LogP) is 2.12. The molecule has 0 radical (unpaired) electrons. The molecule has 0 amide bonds. The van der Waals surface area contributed by atoms with E-state index in [1.165, 1.54) is 0 Å². The molecule has 1 fully saturated rings. The summed E-state index contributed by atoms with van der Waals surface area (Å²) in [6.45, 7) is 4.78. The first-order chi connectivity index (χ1) is 11.2. The van der Waals surface area contributed by atoms with Gasteiger partial charge in [0.2, 0.25) is 0 Å². The van der Waals surface area contributed by atoms with Crippen LogP contribution in [-0.4, -0.2) is 41.3 Å². The Bertz CT molecular complexity index is 669. The highest BCUT2D eigenvalue weighted by molar-refractivity contribution is 5.89. The zero-order chi connectivity index (χ0) is 16.3. The van der Waals surface area contributed by atoms with Gasteiger partial charge in [0.25, 0.3) is 0 Å². The van der Waals surface area contributed by atoms with Gasteiger partial charge >= 0.3 is 0 Å².